The van der Waals surface area contributed by atoms with Gasteiger partial charge in [-0.25, -0.2) is 18.7 Å². The molecule has 0 saturated carbocycles. The summed E-state index contributed by atoms with van der Waals surface area (Å²) in [5.74, 6) is -1.21. The van der Waals surface area contributed by atoms with E-state index >= 15 is 0 Å². The van der Waals surface area contributed by atoms with E-state index in [0.29, 0.717) is 23.3 Å². The van der Waals surface area contributed by atoms with Crippen LogP contribution in [-0.4, -0.2) is 42.2 Å². The van der Waals surface area contributed by atoms with E-state index in [4.69, 9.17) is 11.6 Å². The minimum atomic E-state index is -2.41. The second kappa shape index (κ2) is 6.98. The summed E-state index contributed by atoms with van der Waals surface area (Å²) in [6.07, 6.45) is 6.50. The van der Waals surface area contributed by atoms with Gasteiger partial charge in [-0.1, -0.05) is 25.4 Å². The van der Waals surface area contributed by atoms with Gasteiger partial charge in [-0.3, -0.25) is 4.79 Å². The molecule has 0 radical (unpaired) electrons. The van der Waals surface area contributed by atoms with Gasteiger partial charge in [0.25, 0.3) is 0 Å². The lowest BCUT2D eigenvalue weighted by Gasteiger charge is -2.19. The van der Waals surface area contributed by atoms with Gasteiger partial charge >= 0.3 is 0 Å². The molecule has 3 aromatic rings. The van der Waals surface area contributed by atoms with Gasteiger partial charge in [-0.05, 0) is 12.5 Å². The Morgan fingerprint density at radius 1 is 1.33 bits per heavy atom. The van der Waals surface area contributed by atoms with E-state index in [1.807, 2.05) is 13.8 Å². The highest BCUT2D eigenvalue weighted by Gasteiger charge is 2.43. The number of anilines is 1. The maximum atomic E-state index is 13.7. The Morgan fingerprint density at radius 2 is 2.07 bits per heavy atom. The standard InChI is InChI=1S/C19H20ClFN6O2S/c1-19(2)7-11(12-9-22-15-6-14(21)25-27(15)16(12)19)18(28)24-10-5-13(20)17(23-8-10)26-30(3,4)29/h5-6,8-9,11H,7H2,1-4H3,(H,24,28). The highest BCUT2D eigenvalue weighted by molar-refractivity contribution is 7.92. The van der Waals surface area contributed by atoms with Crippen molar-refractivity contribution in [2.75, 3.05) is 17.8 Å². The molecular formula is C19H20ClFN6O2S. The van der Waals surface area contributed by atoms with E-state index in [0.717, 1.165) is 5.69 Å². The van der Waals surface area contributed by atoms with E-state index in [1.165, 1.54) is 35.4 Å². The van der Waals surface area contributed by atoms with Crippen LogP contribution in [0.15, 0.2) is 28.9 Å². The number of halogens is 2. The van der Waals surface area contributed by atoms with Gasteiger partial charge in [0.15, 0.2) is 11.5 Å². The van der Waals surface area contributed by atoms with Gasteiger partial charge in [0.05, 0.1) is 28.5 Å². The fraction of sp³-hybridized carbons (Fsp3) is 0.368. The first kappa shape index (κ1) is 20.7. The Morgan fingerprint density at radius 3 is 2.73 bits per heavy atom. The second-order valence-electron chi connectivity index (χ2n) is 8.23. The molecule has 4 rings (SSSR count). The normalized spacial score (nSPS) is 17.7. The van der Waals surface area contributed by atoms with Crippen LogP contribution in [0, 0.1) is 5.95 Å². The fourth-order valence-corrected chi connectivity index (χ4v) is 4.63. The zero-order valence-corrected chi connectivity index (χ0v) is 18.4. The summed E-state index contributed by atoms with van der Waals surface area (Å²) in [7, 11) is -2.41. The number of hydrogen-bond donors (Lipinski definition) is 1. The third-order valence-electron chi connectivity index (χ3n) is 4.92. The second-order valence-corrected chi connectivity index (χ2v) is 11.2. The largest absolute Gasteiger partial charge is 0.324 e. The summed E-state index contributed by atoms with van der Waals surface area (Å²) in [6.45, 7) is 3.97. The Hall–Kier alpha value is -2.59. The highest BCUT2D eigenvalue weighted by Crippen LogP contribution is 2.46. The van der Waals surface area contributed by atoms with E-state index < -0.39 is 27.0 Å². The molecule has 1 amide bonds. The average Bonchev–Trinajstić information content (AvgIpc) is 3.12. The first-order chi connectivity index (χ1) is 13.9. The molecule has 0 aromatic carbocycles. The molecule has 1 atom stereocenters. The number of rotatable bonds is 3. The Bertz CT molecular complexity index is 1300. The van der Waals surface area contributed by atoms with Gasteiger partial charge in [0, 0.05) is 45.5 Å². The monoisotopic (exact) mass is 450 g/mol. The smallest absolute Gasteiger partial charge is 0.235 e. The first-order valence-corrected chi connectivity index (χ1v) is 11.8. The van der Waals surface area contributed by atoms with Crippen LogP contribution in [0.2, 0.25) is 5.02 Å². The lowest BCUT2D eigenvalue weighted by Crippen LogP contribution is -2.21. The number of nitrogens with one attached hydrogen (secondary N) is 1. The van der Waals surface area contributed by atoms with Crippen LogP contribution in [0.25, 0.3) is 5.65 Å². The van der Waals surface area contributed by atoms with Gasteiger partial charge in [-0.2, -0.15) is 8.75 Å². The molecule has 1 unspecified atom stereocenters. The van der Waals surface area contributed by atoms with Gasteiger partial charge in [-0.15, -0.1) is 5.10 Å². The maximum Gasteiger partial charge on any atom is 0.235 e. The molecule has 0 fully saturated rings. The quantitative estimate of drug-likeness (QED) is 0.655. The predicted octanol–water partition coefficient (Wildman–Crippen LogP) is 3.68. The summed E-state index contributed by atoms with van der Waals surface area (Å²) < 4.78 is 31.0. The van der Waals surface area contributed by atoms with Gasteiger partial charge in [0.1, 0.15) is 0 Å². The molecular weight excluding hydrogens is 431 g/mol. The number of carbonyl (C=O) groups is 1. The van der Waals surface area contributed by atoms with Crippen molar-refractivity contribution in [3.8, 4) is 0 Å². The molecule has 8 nitrogen and oxygen atoms in total. The van der Waals surface area contributed by atoms with Crippen LogP contribution < -0.4 is 5.32 Å². The van der Waals surface area contributed by atoms with Crippen molar-refractivity contribution in [1.29, 1.82) is 0 Å². The molecule has 0 spiro atoms. The van der Waals surface area contributed by atoms with Crippen LogP contribution in [0.1, 0.15) is 37.4 Å². The summed E-state index contributed by atoms with van der Waals surface area (Å²) >= 11 is 6.18. The molecule has 1 N–H and O–H groups in total. The third kappa shape index (κ3) is 3.77. The van der Waals surface area contributed by atoms with Crippen molar-refractivity contribution in [1.82, 2.24) is 19.6 Å². The number of pyridine rings is 1. The van der Waals surface area contributed by atoms with Crippen molar-refractivity contribution < 1.29 is 13.4 Å². The zero-order valence-electron chi connectivity index (χ0n) is 16.8. The van der Waals surface area contributed by atoms with Crippen LogP contribution in [0.3, 0.4) is 0 Å². The van der Waals surface area contributed by atoms with Crippen molar-refractivity contribution in [3.63, 3.8) is 0 Å². The number of aromatic nitrogens is 4. The summed E-state index contributed by atoms with van der Waals surface area (Å²) in [6, 6.07) is 2.77. The molecule has 1 aliphatic carbocycles. The van der Waals surface area contributed by atoms with Crippen molar-refractivity contribution in [3.05, 3.63) is 46.8 Å². The van der Waals surface area contributed by atoms with Gasteiger partial charge < -0.3 is 5.32 Å². The van der Waals surface area contributed by atoms with Crippen LogP contribution >= 0.6 is 11.6 Å². The van der Waals surface area contributed by atoms with Crippen LogP contribution in [0.5, 0.6) is 0 Å². The van der Waals surface area contributed by atoms with Crippen LogP contribution in [0.4, 0.5) is 15.9 Å². The molecule has 158 valence electrons. The lowest BCUT2D eigenvalue weighted by atomic mass is 9.88. The average molecular weight is 451 g/mol. The topological polar surface area (TPSA) is 102 Å². The zero-order chi connectivity index (χ0) is 21.8. The van der Waals surface area contributed by atoms with E-state index in [9.17, 15) is 13.4 Å². The number of hydrogen-bond acceptors (Lipinski definition) is 6. The number of fused-ring (bicyclic) bond motifs is 3. The minimum absolute atomic E-state index is 0.157. The molecule has 0 bridgehead atoms. The predicted molar refractivity (Wildman–Crippen MR) is 113 cm³/mol. The Balaban J connectivity index is 1.65. The maximum absolute atomic E-state index is 13.7. The first-order valence-electron chi connectivity index (χ1n) is 9.13. The molecule has 30 heavy (non-hydrogen) atoms. The summed E-state index contributed by atoms with van der Waals surface area (Å²) in [5.41, 5.74) is 1.86. The van der Waals surface area contributed by atoms with Gasteiger partial charge in [0.2, 0.25) is 11.9 Å². The Kier molecular flexibility index (Phi) is 4.81. The third-order valence-corrected chi connectivity index (χ3v) is 5.82. The summed E-state index contributed by atoms with van der Waals surface area (Å²) in [5, 5.41) is 6.91. The summed E-state index contributed by atoms with van der Waals surface area (Å²) in [4.78, 5) is 21.4. The molecule has 0 aliphatic heterocycles. The van der Waals surface area contributed by atoms with E-state index in [1.54, 1.807) is 6.20 Å². The molecule has 1 aliphatic rings. The Labute approximate surface area is 178 Å². The van der Waals surface area contributed by atoms with Crippen molar-refractivity contribution in [2.24, 2.45) is 4.36 Å². The SMILES string of the molecule is CC1(C)CC(C(=O)Nc2cnc(N=S(C)(C)=O)c(Cl)c2)c2cnc3cc(F)nn3c21. The van der Waals surface area contributed by atoms with E-state index in [-0.39, 0.29) is 16.7 Å². The van der Waals surface area contributed by atoms with Crippen molar-refractivity contribution in [2.45, 2.75) is 31.6 Å². The number of amides is 1. The number of carbonyl (C=O) groups excluding carboxylic acids is 1. The number of nitrogens with zero attached hydrogens (tertiary/aromatic N) is 5. The minimum Gasteiger partial charge on any atom is -0.324 e. The lowest BCUT2D eigenvalue weighted by molar-refractivity contribution is -0.117. The fourth-order valence-electron chi connectivity index (χ4n) is 3.81. The molecule has 0 saturated heterocycles. The van der Waals surface area contributed by atoms with Crippen LogP contribution in [-0.2, 0) is 19.9 Å². The highest BCUT2D eigenvalue weighted by atomic mass is 35.5. The molecule has 11 heteroatoms. The van der Waals surface area contributed by atoms with E-state index in [2.05, 4.69) is 24.7 Å². The van der Waals surface area contributed by atoms with Crippen molar-refractivity contribution >= 4 is 44.4 Å². The molecule has 3 heterocycles. The molecule has 3 aromatic heterocycles.